The molecule has 4 heterocycles. The summed E-state index contributed by atoms with van der Waals surface area (Å²) in [4.78, 5) is 22.2. The summed E-state index contributed by atoms with van der Waals surface area (Å²) < 4.78 is 27.6. The summed E-state index contributed by atoms with van der Waals surface area (Å²) >= 11 is 5.99. The SMILES string of the molecule is O=c1c2cn[nH]c2c2cnc(NCC[C@H]3COc4cc(Cl)ccc4O3)nc2n1-c1ccccc1F. The molecule has 0 unspecified atom stereocenters. The molecule has 2 N–H and O–H groups in total. The van der Waals surface area contributed by atoms with Gasteiger partial charge in [-0.3, -0.25) is 14.5 Å². The first-order valence-electron chi connectivity index (χ1n) is 10.9. The van der Waals surface area contributed by atoms with E-state index < -0.39 is 11.4 Å². The predicted octanol–water partition coefficient (Wildman–Crippen LogP) is 4.09. The van der Waals surface area contributed by atoms with E-state index in [1.54, 1.807) is 36.5 Å². The number of ether oxygens (including phenoxy) is 2. The van der Waals surface area contributed by atoms with Crippen LogP contribution >= 0.6 is 11.6 Å². The monoisotopic (exact) mass is 492 g/mol. The number of rotatable bonds is 5. The number of aromatic nitrogens is 5. The Balaban J connectivity index is 1.29. The molecule has 1 atom stereocenters. The lowest BCUT2D eigenvalue weighted by molar-refractivity contribution is 0.0873. The molecule has 3 aromatic heterocycles. The molecular weight excluding hydrogens is 475 g/mol. The van der Waals surface area contributed by atoms with Crippen molar-refractivity contribution in [1.29, 1.82) is 0 Å². The van der Waals surface area contributed by atoms with Gasteiger partial charge in [0, 0.05) is 30.3 Å². The lowest BCUT2D eigenvalue weighted by Gasteiger charge is -2.26. The Morgan fingerprint density at radius 2 is 2.06 bits per heavy atom. The molecule has 176 valence electrons. The average molecular weight is 493 g/mol. The van der Waals surface area contributed by atoms with E-state index in [0.29, 0.717) is 58.3 Å². The summed E-state index contributed by atoms with van der Waals surface area (Å²) in [6, 6.07) is 11.3. The van der Waals surface area contributed by atoms with Crippen molar-refractivity contribution in [2.45, 2.75) is 12.5 Å². The summed E-state index contributed by atoms with van der Waals surface area (Å²) in [5, 5.41) is 11.4. The maximum absolute atomic E-state index is 14.7. The topological polar surface area (TPSA) is 107 Å². The molecule has 9 nitrogen and oxygen atoms in total. The number of H-pyrrole nitrogens is 1. The van der Waals surface area contributed by atoms with Crippen LogP contribution in [0, 0.1) is 5.82 Å². The summed E-state index contributed by atoms with van der Waals surface area (Å²) in [5.74, 6) is 1.02. The Kier molecular flexibility index (Phi) is 5.22. The van der Waals surface area contributed by atoms with Crippen molar-refractivity contribution in [3.63, 3.8) is 0 Å². The van der Waals surface area contributed by atoms with E-state index in [2.05, 4.69) is 25.5 Å². The molecule has 1 aliphatic rings. The van der Waals surface area contributed by atoms with Gasteiger partial charge in [-0.2, -0.15) is 10.1 Å². The zero-order valence-electron chi connectivity index (χ0n) is 18.2. The molecular formula is C24H18ClFN6O3. The number of hydrogen-bond donors (Lipinski definition) is 2. The van der Waals surface area contributed by atoms with Gasteiger partial charge >= 0.3 is 0 Å². The highest BCUT2D eigenvalue weighted by Gasteiger charge is 2.22. The Hall–Kier alpha value is -4.18. The highest BCUT2D eigenvalue weighted by Crippen LogP contribution is 2.34. The van der Waals surface area contributed by atoms with Crippen LogP contribution in [0.3, 0.4) is 0 Å². The third-order valence-corrected chi connectivity index (χ3v) is 6.02. The van der Waals surface area contributed by atoms with Gasteiger partial charge < -0.3 is 14.8 Å². The normalized spacial score (nSPS) is 15.0. The van der Waals surface area contributed by atoms with Crippen molar-refractivity contribution in [1.82, 2.24) is 24.7 Å². The average Bonchev–Trinajstić information content (AvgIpc) is 3.36. The summed E-state index contributed by atoms with van der Waals surface area (Å²) in [7, 11) is 0. The summed E-state index contributed by atoms with van der Waals surface area (Å²) in [6.07, 6.45) is 3.45. The van der Waals surface area contributed by atoms with Crippen LogP contribution in [0.2, 0.25) is 5.02 Å². The molecule has 0 spiro atoms. The molecule has 0 saturated heterocycles. The fraction of sp³-hybridized carbons (Fsp3) is 0.167. The van der Waals surface area contributed by atoms with E-state index in [4.69, 9.17) is 21.1 Å². The van der Waals surface area contributed by atoms with Gasteiger partial charge in [-0.15, -0.1) is 0 Å². The lowest BCUT2D eigenvalue weighted by atomic mass is 10.2. The number of pyridine rings is 1. The lowest BCUT2D eigenvalue weighted by Crippen LogP contribution is -2.31. The van der Waals surface area contributed by atoms with Gasteiger partial charge in [-0.05, 0) is 24.3 Å². The maximum Gasteiger partial charge on any atom is 0.267 e. The predicted molar refractivity (Wildman–Crippen MR) is 129 cm³/mol. The molecule has 0 amide bonds. The van der Waals surface area contributed by atoms with Gasteiger partial charge in [0.05, 0.1) is 28.2 Å². The summed E-state index contributed by atoms with van der Waals surface area (Å²) in [5.41, 5.74) is 0.428. The molecule has 1 aliphatic heterocycles. The van der Waals surface area contributed by atoms with Crippen molar-refractivity contribution in [3.05, 3.63) is 76.1 Å². The molecule has 0 aliphatic carbocycles. The number of para-hydroxylation sites is 1. The first-order chi connectivity index (χ1) is 17.1. The molecule has 35 heavy (non-hydrogen) atoms. The Bertz CT molecular complexity index is 1640. The van der Waals surface area contributed by atoms with Crippen LogP contribution in [0.1, 0.15) is 6.42 Å². The van der Waals surface area contributed by atoms with Crippen LogP contribution in [0.4, 0.5) is 10.3 Å². The van der Waals surface area contributed by atoms with Gasteiger partial charge in [0.1, 0.15) is 18.5 Å². The van der Waals surface area contributed by atoms with E-state index >= 15 is 0 Å². The number of nitrogens with one attached hydrogen (secondary N) is 2. The molecule has 6 rings (SSSR count). The Morgan fingerprint density at radius 3 is 2.94 bits per heavy atom. The highest BCUT2D eigenvalue weighted by atomic mass is 35.5. The first kappa shape index (κ1) is 21.4. The maximum atomic E-state index is 14.7. The molecule has 2 aromatic carbocycles. The van der Waals surface area contributed by atoms with Crippen molar-refractivity contribution < 1.29 is 13.9 Å². The quantitative estimate of drug-likeness (QED) is 0.380. The van der Waals surface area contributed by atoms with Crippen LogP contribution in [0.15, 0.2) is 59.7 Å². The molecule has 0 saturated carbocycles. The third-order valence-electron chi connectivity index (χ3n) is 5.79. The molecule has 11 heteroatoms. The van der Waals surface area contributed by atoms with E-state index in [-0.39, 0.29) is 17.4 Å². The zero-order chi connectivity index (χ0) is 23.9. The van der Waals surface area contributed by atoms with Gasteiger partial charge in [-0.25, -0.2) is 9.37 Å². The molecule has 0 fully saturated rings. The second-order valence-electron chi connectivity index (χ2n) is 8.04. The van der Waals surface area contributed by atoms with Gasteiger partial charge in [-0.1, -0.05) is 23.7 Å². The van der Waals surface area contributed by atoms with E-state index in [1.165, 1.54) is 22.9 Å². The van der Waals surface area contributed by atoms with Crippen LogP contribution < -0.4 is 20.3 Å². The number of anilines is 1. The smallest absolute Gasteiger partial charge is 0.267 e. The van der Waals surface area contributed by atoms with Gasteiger partial charge in [0.25, 0.3) is 5.56 Å². The van der Waals surface area contributed by atoms with Crippen LogP contribution in [0.25, 0.3) is 27.6 Å². The second-order valence-corrected chi connectivity index (χ2v) is 8.48. The van der Waals surface area contributed by atoms with Crippen molar-refractivity contribution in [3.8, 4) is 17.2 Å². The number of nitrogens with zero attached hydrogens (tertiary/aromatic N) is 4. The number of aromatic amines is 1. The Labute approximate surface area is 202 Å². The minimum atomic E-state index is -0.539. The fourth-order valence-corrected chi connectivity index (χ4v) is 4.27. The van der Waals surface area contributed by atoms with Gasteiger partial charge in [0.2, 0.25) is 5.95 Å². The number of halogens is 2. The Morgan fingerprint density at radius 1 is 1.17 bits per heavy atom. The van der Waals surface area contributed by atoms with Gasteiger partial charge in [0.15, 0.2) is 17.1 Å². The minimum Gasteiger partial charge on any atom is -0.486 e. The van der Waals surface area contributed by atoms with Crippen LogP contribution in [0.5, 0.6) is 11.5 Å². The molecule has 0 radical (unpaired) electrons. The van der Waals surface area contributed by atoms with E-state index in [9.17, 15) is 9.18 Å². The number of hydrogen-bond acceptors (Lipinski definition) is 7. The highest BCUT2D eigenvalue weighted by molar-refractivity contribution is 6.30. The molecule has 5 aromatic rings. The van der Waals surface area contributed by atoms with Crippen molar-refractivity contribution in [2.75, 3.05) is 18.5 Å². The fourth-order valence-electron chi connectivity index (χ4n) is 4.11. The minimum absolute atomic E-state index is 0.0989. The number of fused-ring (bicyclic) bond motifs is 4. The summed E-state index contributed by atoms with van der Waals surface area (Å²) in [6.45, 7) is 0.872. The van der Waals surface area contributed by atoms with Crippen molar-refractivity contribution in [2.24, 2.45) is 0 Å². The second kappa shape index (κ2) is 8.55. The third kappa shape index (κ3) is 3.81. The molecule has 0 bridgehead atoms. The van der Waals surface area contributed by atoms with Crippen molar-refractivity contribution >= 4 is 39.5 Å². The van der Waals surface area contributed by atoms with E-state index in [0.717, 1.165) is 0 Å². The standard InChI is InChI=1S/C24H18ClFN6O3/c25-13-5-6-19-20(9-13)34-12-14(35-19)7-8-27-24-28-10-15-21-16(11-29-31-21)23(33)32(22(15)30-24)18-4-2-1-3-17(18)26/h1-6,9-11,14H,7-8,12H2,(H,29,31)(H,27,28,30)/t14-/m0/s1. The largest absolute Gasteiger partial charge is 0.486 e. The number of benzene rings is 2. The first-order valence-corrected chi connectivity index (χ1v) is 11.3. The van der Waals surface area contributed by atoms with E-state index in [1.807, 2.05) is 0 Å². The zero-order valence-corrected chi connectivity index (χ0v) is 18.9. The van der Waals surface area contributed by atoms with Crippen LogP contribution in [-0.2, 0) is 0 Å². The van der Waals surface area contributed by atoms with Crippen LogP contribution in [-0.4, -0.2) is 44.0 Å².